The van der Waals surface area contributed by atoms with E-state index in [1.54, 1.807) is 19.3 Å². The van der Waals surface area contributed by atoms with Crippen LogP contribution in [0.4, 0.5) is 4.79 Å². The maximum absolute atomic E-state index is 12.2. The molecule has 7 heteroatoms. The molecule has 1 atom stereocenters. The molecule has 1 unspecified atom stereocenters. The second-order valence-corrected chi connectivity index (χ2v) is 6.45. The van der Waals surface area contributed by atoms with E-state index >= 15 is 0 Å². The van der Waals surface area contributed by atoms with Gasteiger partial charge in [0.15, 0.2) is 0 Å². The Balaban J connectivity index is 1.55. The second kappa shape index (κ2) is 6.88. The first-order valence-corrected chi connectivity index (χ1v) is 8.10. The van der Waals surface area contributed by atoms with Gasteiger partial charge in [-0.05, 0) is 18.9 Å². The number of nitrogens with one attached hydrogen (secondary N) is 1. The second-order valence-electron chi connectivity index (χ2n) is 6.45. The number of carboxylic acids is 1. The van der Waals surface area contributed by atoms with Crippen LogP contribution >= 0.6 is 0 Å². The summed E-state index contributed by atoms with van der Waals surface area (Å²) in [5.74, 6) is -0.365. The third kappa shape index (κ3) is 3.76. The number of aliphatic carboxylic acids is 1. The Kier molecular flexibility index (Phi) is 4.65. The number of amides is 2. The van der Waals surface area contributed by atoms with Gasteiger partial charge in [0, 0.05) is 31.0 Å². The van der Waals surface area contributed by atoms with Crippen LogP contribution < -0.4 is 5.32 Å². The highest BCUT2D eigenvalue weighted by Crippen LogP contribution is 2.29. The summed E-state index contributed by atoms with van der Waals surface area (Å²) in [5, 5.41) is 12.0. The molecule has 1 aliphatic heterocycles. The lowest BCUT2D eigenvalue weighted by molar-refractivity contribution is -0.147. The SMILES string of the molecule is CC1(C(=O)O)CCN(C(=O)NCc2ncc(-c3ccccc3)cn2)C1. The summed E-state index contributed by atoms with van der Waals surface area (Å²) >= 11 is 0. The van der Waals surface area contributed by atoms with Crippen LogP contribution in [0.15, 0.2) is 42.7 Å². The Morgan fingerprint density at radius 3 is 2.48 bits per heavy atom. The largest absolute Gasteiger partial charge is 0.481 e. The predicted molar refractivity (Wildman–Crippen MR) is 91.6 cm³/mol. The van der Waals surface area contributed by atoms with E-state index in [-0.39, 0.29) is 19.1 Å². The fourth-order valence-electron chi connectivity index (χ4n) is 2.80. The molecule has 2 aromatic rings. The number of benzene rings is 1. The quantitative estimate of drug-likeness (QED) is 0.889. The van der Waals surface area contributed by atoms with Gasteiger partial charge in [-0.3, -0.25) is 4.79 Å². The van der Waals surface area contributed by atoms with Gasteiger partial charge in [-0.15, -0.1) is 0 Å². The van der Waals surface area contributed by atoms with Crippen molar-refractivity contribution in [2.75, 3.05) is 13.1 Å². The minimum Gasteiger partial charge on any atom is -0.481 e. The van der Waals surface area contributed by atoms with Crippen LogP contribution in [0, 0.1) is 5.41 Å². The minimum atomic E-state index is -0.873. The molecular weight excluding hydrogens is 320 g/mol. The first-order valence-electron chi connectivity index (χ1n) is 8.10. The number of aromatic nitrogens is 2. The van der Waals surface area contributed by atoms with Crippen molar-refractivity contribution in [1.29, 1.82) is 0 Å². The molecule has 1 aliphatic rings. The summed E-state index contributed by atoms with van der Waals surface area (Å²) in [6.07, 6.45) is 3.90. The first-order chi connectivity index (χ1) is 12.0. The molecule has 0 spiro atoms. The third-order valence-electron chi connectivity index (χ3n) is 4.49. The number of nitrogens with zero attached hydrogens (tertiary/aromatic N) is 3. The van der Waals surface area contributed by atoms with E-state index in [2.05, 4.69) is 15.3 Å². The van der Waals surface area contributed by atoms with Crippen LogP contribution in [0.3, 0.4) is 0 Å². The van der Waals surface area contributed by atoms with Gasteiger partial charge in [0.05, 0.1) is 12.0 Å². The average molecular weight is 340 g/mol. The molecule has 25 heavy (non-hydrogen) atoms. The lowest BCUT2D eigenvalue weighted by atomic mass is 9.90. The fraction of sp³-hybridized carbons (Fsp3) is 0.333. The van der Waals surface area contributed by atoms with Crippen LogP contribution in [0.2, 0.25) is 0 Å². The Morgan fingerprint density at radius 1 is 1.20 bits per heavy atom. The molecule has 1 fully saturated rings. The maximum atomic E-state index is 12.2. The van der Waals surface area contributed by atoms with Crippen molar-refractivity contribution in [3.05, 3.63) is 48.5 Å². The van der Waals surface area contributed by atoms with Gasteiger partial charge in [-0.1, -0.05) is 30.3 Å². The molecule has 130 valence electrons. The van der Waals surface area contributed by atoms with Gasteiger partial charge in [0.1, 0.15) is 5.82 Å². The molecule has 1 aromatic carbocycles. The van der Waals surface area contributed by atoms with E-state index in [1.165, 1.54) is 4.90 Å². The van der Waals surface area contributed by atoms with Crippen molar-refractivity contribution in [3.63, 3.8) is 0 Å². The van der Waals surface area contributed by atoms with Crippen LogP contribution in [0.1, 0.15) is 19.2 Å². The zero-order valence-corrected chi connectivity index (χ0v) is 14.0. The molecule has 0 aliphatic carbocycles. The fourth-order valence-corrected chi connectivity index (χ4v) is 2.80. The van der Waals surface area contributed by atoms with Crippen molar-refractivity contribution in [2.24, 2.45) is 5.41 Å². The van der Waals surface area contributed by atoms with Gasteiger partial charge < -0.3 is 15.3 Å². The summed E-state index contributed by atoms with van der Waals surface area (Å²) in [6, 6.07) is 9.51. The number of carboxylic acid groups (broad SMARTS) is 1. The maximum Gasteiger partial charge on any atom is 0.317 e. The van der Waals surface area contributed by atoms with Crippen molar-refractivity contribution in [1.82, 2.24) is 20.2 Å². The molecule has 3 rings (SSSR count). The highest BCUT2D eigenvalue weighted by Gasteiger charge is 2.42. The number of rotatable bonds is 4. The van der Waals surface area contributed by atoms with Crippen LogP contribution in [0.5, 0.6) is 0 Å². The Morgan fingerprint density at radius 2 is 1.88 bits per heavy atom. The lowest BCUT2D eigenvalue weighted by Gasteiger charge is -2.20. The molecular formula is C18H20N4O3. The van der Waals surface area contributed by atoms with Crippen LogP contribution in [-0.2, 0) is 11.3 Å². The third-order valence-corrected chi connectivity index (χ3v) is 4.49. The molecule has 1 aromatic heterocycles. The molecule has 1 saturated heterocycles. The molecule has 0 radical (unpaired) electrons. The summed E-state index contributed by atoms with van der Waals surface area (Å²) in [7, 11) is 0. The molecule has 2 amide bonds. The van der Waals surface area contributed by atoms with Gasteiger partial charge in [0.2, 0.25) is 0 Å². The molecule has 0 bridgehead atoms. The highest BCUT2D eigenvalue weighted by atomic mass is 16.4. The van der Waals surface area contributed by atoms with Gasteiger partial charge >= 0.3 is 12.0 Å². The number of urea groups is 1. The number of hydrogen-bond acceptors (Lipinski definition) is 4. The molecule has 0 saturated carbocycles. The summed E-state index contributed by atoms with van der Waals surface area (Å²) in [6.45, 7) is 2.51. The summed E-state index contributed by atoms with van der Waals surface area (Å²) < 4.78 is 0. The normalized spacial score (nSPS) is 19.6. The number of hydrogen-bond donors (Lipinski definition) is 2. The Bertz CT molecular complexity index is 764. The Labute approximate surface area is 145 Å². The zero-order valence-electron chi connectivity index (χ0n) is 14.0. The number of likely N-dealkylation sites (tertiary alicyclic amines) is 1. The van der Waals surface area contributed by atoms with Gasteiger partial charge in [-0.2, -0.15) is 0 Å². The topological polar surface area (TPSA) is 95.4 Å². The van der Waals surface area contributed by atoms with E-state index in [0.717, 1.165) is 11.1 Å². The Hall–Kier alpha value is -2.96. The molecule has 2 N–H and O–H groups in total. The molecule has 7 nitrogen and oxygen atoms in total. The van der Waals surface area contributed by atoms with E-state index in [0.29, 0.717) is 18.8 Å². The highest BCUT2D eigenvalue weighted by molar-refractivity contribution is 5.79. The summed E-state index contributed by atoms with van der Waals surface area (Å²) in [5.41, 5.74) is 1.07. The van der Waals surface area contributed by atoms with E-state index in [1.807, 2.05) is 30.3 Å². The minimum absolute atomic E-state index is 0.203. The van der Waals surface area contributed by atoms with Crippen LogP contribution in [0.25, 0.3) is 11.1 Å². The van der Waals surface area contributed by atoms with Crippen molar-refractivity contribution < 1.29 is 14.7 Å². The van der Waals surface area contributed by atoms with Crippen molar-refractivity contribution >= 4 is 12.0 Å². The smallest absolute Gasteiger partial charge is 0.317 e. The van der Waals surface area contributed by atoms with Crippen LogP contribution in [-0.4, -0.2) is 45.1 Å². The average Bonchev–Trinajstić information content (AvgIpc) is 3.05. The van der Waals surface area contributed by atoms with Crippen molar-refractivity contribution in [3.8, 4) is 11.1 Å². The van der Waals surface area contributed by atoms with E-state index < -0.39 is 11.4 Å². The summed E-state index contributed by atoms with van der Waals surface area (Å²) in [4.78, 5) is 33.5. The van der Waals surface area contributed by atoms with E-state index in [9.17, 15) is 14.7 Å². The number of carbonyl (C=O) groups is 2. The lowest BCUT2D eigenvalue weighted by Crippen LogP contribution is -2.40. The first kappa shape index (κ1) is 16.9. The standard InChI is InChI=1S/C18H20N4O3/c1-18(16(23)24)7-8-22(12-18)17(25)21-11-15-19-9-14(10-20-15)13-5-3-2-4-6-13/h2-6,9-10H,7-8,11-12H2,1H3,(H,21,25)(H,23,24). The monoisotopic (exact) mass is 340 g/mol. The van der Waals surface area contributed by atoms with Crippen molar-refractivity contribution in [2.45, 2.75) is 19.9 Å². The van der Waals surface area contributed by atoms with Gasteiger partial charge in [-0.25, -0.2) is 14.8 Å². The van der Waals surface area contributed by atoms with E-state index in [4.69, 9.17) is 0 Å². The zero-order chi connectivity index (χ0) is 17.9. The molecule has 2 heterocycles. The number of carbonyl (C=O) groups excluding carboxylic acids is 1. The van der Waals surface area contributed by atoms with Gasteiger partial charge in [0.25, 0.3) is 0 Å². The predicted octanol–water partition coefficient (Wildman–Crippen LogP) is 2.15.